The van der Waals surface area contributed by atoms with Gasteiger partial charge in [0, 0.05) is 29.7 Å². The molecule has 3 aromatic carbocycles. The van der Waals surface area contributed by atoms with Crippen molar-refractivity contribution < 1.29 is 4.79 Å². The van der Waals surface area contributed by atoms with Crippen molar-refractivity contribution >= 4 is 44.8 Å². The third-order valence-corrected chi connectivity index (χ3v) is 6.66. The minimum Gasteiger partial charge on any atom is -0.372 e. The van der Waals surface area contributed by atoms with Gasteiger partial charge in [0.1, 0.15) is 0 Å². The van der Waals surface area contributed by atoms with E-state index >= 15 is 0 Å². The van der Waals surface area contributed by atoms with E-state index in [0.717, 1.165) is 34.4 Å². The van der Waals surface area contributed by atoms with Gasteiger partial charge in [0.15, 0.2) is 0 Å². The number of hydrogen-bond donors (Lipinski definition) is 0. The largest absolute Gasteiger partial charge is 0.372 e. The molecule has 0 spiro atoms. The van der Waals surface area contributed by atoms with Crippen LogP contribution in [0.5, 0.6) is 0 Å². The summed E-state index contributed by atoms with van der Waals surface area (Å²) in [6.07, 6.45) is 0.641. The fraction of sp³-hybridized carbons (Fsp3) is 0.231. The van der Waals surface area contributed by atoms with Crippen molar-refractivity contribution in [1.82, 2.24) is 5.01 Å². The van der Waals surface area contributed by atoms with Crippen LogP contribution in [0.15, 0.2) is 82.4 Å². The smallest absolute Gasteiger partial charge is 0.276 e. The Morgan fingerprint density at radius 1 is 1.03 bits per heavy atom. The van der Waals surface area contributed by atoms with E-state index in [1.165, 1.54) is 5.69 Å². The van der Waals surface area contributed by atoms with E-state index in [9.17, 15) is 4.79 Å². The number of amides is 1. The summed E-state index contributed by atoms with van der Waals surface area (Å²) in [6.45, 7) is 6.20. The van der Waals surface area contributed by atoms with Crippen molar-refractivity contribution in [2.24, 2.45) is 5.10 Å². The van der Waals surface area contributed by atoms with E-state index < -0.39 is 0 Å². The molecule has 0 N–H and O–H groups in total. The first kappa shape index (κ1) is 22.6. The molecule has 1 heterocycles. The lowest BCUT2D eigenvalue weighted by molar-refractivity contribution is 0.0711. The summed E-state index contributed by atoms with van der Waals surface area (Å²) in [5, 5.41) is 6.79. The molecule has 1 amide bonds. The van der Waals surface area contributed by atoms with Crippen LogP contribution in [-0.2, 0) is 0 Å². The van der Waals surface area contributed by atoms with Crippen molar-refractivity contribution in [2.45, 2.75) is 26.3 Å². The van der Waals surface area contributed by atoms with E-state index in [4.69, 9.17) is 16.7 Å². The summed E-state index contributed by atoms with van der Waals surface area (Å²) in [6, 6.07) is 23.4. The number of carbonyl (C=O) groups excluding carboxylic acids is 1. The molecular formula is C26H25BrClN3O. The Balaban J connectivity index is 1.70. The van der Waals surface area contributed by atoms with Crippen molar-refractivity contribution in [2.75, 3.05) is 18.0 Å². The van der Waals surface area contributed by atoms with Crippen molar-refractivity contribution in [3.05, 3.63) is 99.0 Å². The second kappa shape index (κ2) is 9.88. The van der Waals surface area contributed by atoms with E-state index in [1.54, 1.807) is 17.1 Å². The SMILES string of the molecule is CCN(CC)c1ccc([C@@H]2CC(c3ccc(Br)cc3)=NN2C(=O)c2ccccc2Cl)cc1. The maximum absolute atomic E-state index is 13.5. The van der Waals surface area contributed by atoms with E-state index in [-0.39, 0.29) is 11.9 Å². The molecule has 0 saturated carbocycles. The number of benzene rings is 3. The third-order valence-electron chi connectivity index (χ3n) is 5.81. The van der Waals surface area contributed by atoms with Crippen LogP contribution in [0, 0.1) is 0 Å². The van der Waals surface area contributed by atoms with Crippen LogP contribution in [-0.4, -0.2) is 29.7 Å². The van der Waals surface area contributed by atoms with E-state index in [1.807, 2.05) is 36.4 Å². The number of carbonyl (C=O) groups is 1. The van der Waals surface area contributed by atoms with Gasteiger partial charge < -0.3 is 4.90 Å². The van der Waals surface area contributed by atoms with Gasteiger partial charge in [-0.3, -0.25) is 4.79 Å². The minimum atomic E-state index is -0.194. The van der Waals surface area contributed by atoms with Crippen LogP contribution in [0.2, 0.25) is 5.02 Å². The Hall–Kier alpha value is -2.63. The van der Waals surface area contributed by atoms with E-state index in [0.29, 0.717) is 17.0 Å². The van der Waals surface area contributed by atoms with Gasteiger partial charge in [0.2, 0.25) is 0 Å². The van der Waals surface area contributed by atoms with Gasteiger partial charge in [-0.15, -0.1) is 0 Å². The van der Waals surface area contributed by atoms with Crippen molar-refractivity contribution in [3.8, 4) is 0 Å². The quantitative estimate of drug-likeness (QED) is 0.360. The molecule has 0 radical (unpaired) electrons. The molecule has 3 aromatic rings. The van der Waals surface area contributed by atoms with Crippen molar-refractivity contribution in [3.63, 3.8) is 0 Å². The molecular weight excluding hydrogens is 486 g/mol. The van der Waals surface area contributed by atoms with Gasteiger partial charge in [-0.1, -0.05) is 63.9 Å². The molecule has 164 valence electrons. The Morgan fingerprint density at radius 2 is 1.69 bits per heavy atom. The number of hydrazone groups is 1. The fourth-order valence-corrected chi connectivity index (χ4v) is 4.51. The van der Waals surface area contributed by atoms with Gasteiger partial charge in [-0.25, -0.2) is 5.01 Å². The topological polar surface area (TPSA) is 35.9 Å². The monoisotopic (exact) mass is 509 g/mol. The molecule has 4 rings (SSSR count). The van der Waals surface area contributed by atoms with Crippen LogP contribution < -0.4 is 4.90 Å². The molecule has 1 aliphatic heterocycles. The van der Waals surface area contributed by atoms with Gasteiger partial charge in [0.25, 0.3) is 5.91 Å². The Morgan fingerprint density at radius 3 is 2.31 bits per heavy atom. The highest BCUT2D eigenvalue weighted by Gasteiger charge is 2.34. The van der Waals surface area contributed by atoms with Crippen LogP contribution in [0.25, 0.3) is 0 Å². The summed E-state index contributed by atoms with van der Waals surface area (Å²) in [5.74, 6) is -0.194. The molecule has 6 heteroatoms. The summed E-state index contributed by atoms with van der Waals surface area (Å²) in [4.78, 5) is 15.8. The average molecular weight is 511 g/mol. The lowest BCUT2D eigenvalue weighted by Gasteiger charge is -2.24. The van der Waals surface area contributed by atoms with Crippen LogP contribution in [0.1, 0.15) is 47.8 Å². The second-order valence-electron chi connectivity index (χ2n) is 7.67. The standard InChI is InChI=1S/C26H25BrClN3O/c1-3-30(4-2)21-15-11-19(12-16-21)25-17-24(18-9-13-20(27)14-10-18)29-31(25)26(32)22-7-5-6-8-23(22)28/h5-16,25H,3-4,17H2,1-2H3/t25-/m0/s1. The second-order valence-corrected chi connectivity index (χ2v) is 8.99. The van der Waals surface area contributed by atoms with Crippen LogP contribution in [0.3, 0.4) is 0 Å². The highest BCUT2D eigenvalue weighted by Crippen LogP contribution is 2.35. The van der Waals surface area contributed by atoms with Gasteiger partial charge in [-0.2, -0.15) is 5.10 Å². The highest BCUT2D eigenvalue weighted by molar-refractivity contribution is 9.10. The number of anilines is 1. The normalized spacial score (nSPS) is 15.6. The Kier molecular flexibility index (Phi) is 6.97. The number of rotatable bonds is 6. The van der Waals surface area contributed by atoms with Crippen LogP contribution in [0.4, 0.5) is 5.69 Å². The lowest BCUT2D eigenvalue weighted by Crippen LogP contribution is -2.27. The predicted octanol–water partition coefficient (Wildman–Crippen LogP) is 6.94. The van der Waals surface area contributed by atoms with Gasteiger partial charge in [0.05, 0.1) is 22.3 Å². The minimum absolute atomic E-state index is 0.192. The molecule has 1 atom stereocenters. The molecule has 0 aliphatic carbocycles. The Bertz CT molecular complexity index is 1120. The zero-order chi connectivity index (χ0) is 22.7. The molecule has 0 aromatic heterocycles. The molecule has 1 aliphatic rings. The zero-order valence-electron chi connectivity index (χ0n) is 18.1. The molecule has 0 bridgehead atoms. The first-order valence-corrected chi connectivity index (χ1v) is 11.9. The predicted molar refractivity (Wildman–Crippen MR) is 136 cm³/mol. The molecule has 0 saturated heterocycles. The average Bonchev–Trinajstić information content (AvgIpc) is 3.26. The first-order valence-electron chi connectivity index (χ1n) is 10.8. The number of halogens is 2. The fourth-order valence-electron chi connectivity index (χ4n) is 4.03. The third kappa shape index (κ3) is 4.59. The van der Waals surface area contributed by atoms with E-state index in [2.05, 4.69) is 58.9 Å². The number of hydrogen-bond acceptors (Lipinski definition) is 3. The summed E-state index contributed by atoms with van der Waals surface area (Å²) in [5.41, 5.74) is 4.58. The number of nitrogens with zero attached hydrogens (tertiary/aromatic N) is 3. The van der Waals surface area contributed by atoms with Crippen molar-refractivity contribution in [1.29, 1.82) is 0 Å². The Labute approximate surface area is 202 Å². The molecule has 4 nitrogen and oxygen atoms in total. The van der Waals surface area contributed by atoms with Gasteiger partial charge >= 0.3 is 0 Å². The van der Waals surface area contributed by atoms with Crippen LogP contribution >= 0.6 is 27.5 Å². The lowest BCUT2D eigenvalue weighted by atomic mass is 9.97. The zero-order valence-corrected chi connectivity index (χ0v) is 20.5. The molecule has 32 heavy (non-hydrogen) atoms. The summed E-state index contributed by atoms with van der Waals surface area (Å²) >= 11 is 9.83. The maximum Gasteiger partial charge on any atom is 0.276 e. The highest BCUT2D eigenvalue weighted by atomic mass is 79.9. The maximum atomic E-state index is 13.5. The first-order chi connectivity index (χ1) is 15.5. The molecule has 0 fully saturated rings. The molecule has 0 unspecified atom stereocenters. The summed E-state index contributed by atoms with van der Waals surface area (Å²) < 4.78 is 1.01. The van der Waals surface area contributed by atoms with Gasteiger partial charge in [-0.05, 0) is 61.4 Å². The summed E-state index contributed by atoms with van der Waals surface area (Å²) in [7, 11) is 0.